The number of hydrogen-bond acceptors (Lipinski definition) is 6. The van der Waals surface area contributed by atoms with Crippen LogP contribution in [0.5, 0.6) is 0 Å². The highest BCUT2D eigenvalue weighted by molar-refractivity contribution is 5.94. The smallest absolute Gasteiger partial charge is 0.411 e. The molecule has 9 nitrogen and oxygen atoms in total. The fourth-order valence-corrected chi connectivity index (χ4v) is 6.06. The third kappa shape index (κ3) is 9.91. The summed E-state index contributed by atoms with van der Waals surface area (Å²) in [7, 11) is 1.91. The van der Waals surface area contributed by atoms with Crippen LogP contribution in [-0.4, -0.2) is 76.9 Å². The molecule has 3 aromatic carbocycles. The van der Waals surface area contributed by atoms with Crippen LogP contribution in [-0.2, 0) is 11.3 Å². The van der Waals surface area contributed by atoms with Gasteiger partial charge in [0.1, 0.15) is 6.61 Å². The number of terminal acetylenes is 1. The van der Waals surface area contributed by atoms with E-state index in [0.717, 1.165) is 57.3 Å². The normalized spacial score (nSPS) is 18.1. The summed E-state index contributed by atoms with van der Waals surface area (Å²) in [4.78, 5) is 42.0. The van der Waals surface area contributed by atoms with Crippen molar-refractivity contribution in [2.75, 3.05) is 33.2 Å². The van der Waals surface area contributed by atoms with Crippen molar-refractivity contribution in [1.82, 2.24) is 14.7 Å². The summed E-state index contributed by atoms with van der Waals surface area (Å²) in [5.74, 6) is 3.20. The van der Waals surface area contributed by atoms with Crippen LogP contribution in [0.4, 0.5) is 10.5 Å². The zero-order chi connectivity index (χ0) is 32.0. The number of amides is 2. The Balaban J connectivity index is 0.000000687. The first-order valence-electron chi connectivity index (χ1n) is 15.5. The summed E-state index contributed by atoms with van der Waals surface area (Å²) in [6.07, 6.45) is 9.86. The minimum absolute atomic E-state index is 0.00705. The first kappa shape index (κ1) is 33.2. The number of piperidine rings is 1. The summed E-state index contributed by atoms with van der Waals surface area (Å²) >= 11 is 0. The second-order valence-corrected chi connectivity index (χ2v) is 11.6. The van der Waals surface area contributed by atoms with Crippen molar-refractivity contribution < 1.29 is 19.2 Å². The summed E-state index contributed by atoms with van der Waals surface area (Å²) in [5.41, 5.74) is 1.40. The third-order valence-electron chi connectivity index (χ3n) is 8.59. The van der Waals surface area contributed by atoms with Crippen LogP contribution in [0.25, 0.3) is 0 Å². The number of likely N-dealkylation sites (tertiary alicyclic amines) is 1. The van der Waals surface area contributed by atoms with Crippen molar-refractivity contribution in [2.24, 2.45) is 5.92 Å². The second-order valence-electron chi connectivity index (χ2n) is 11.6. The molecule has 2 amide bonds. The van der Waals surface area contributed by atoms with E-state index in [1.165, 1.54) is 12.1 Å². The van der Waals surface area contributed by atoms with Gasteiger partial charge in [-0.2, -0.15) is 0 Å². The van der Waals surface area contributed by atoms with E-state index < -0.39 is 11.0 Å². The lowest BCUT2D eigenvalue weighted by atomic mass is 10.0. The van der Waals surface area contributed by atoms with Crippen LogP contribution in [0.15, 0.2) is 91.0 Å². The number of benzene rings is 3. The van der Waals surface area contributed by atoms with Crippen molar-refractivity contribution in [3.05, 3.63) is 112 Å². The van der Waals surface area contributed by atoms with E-state index >= 15 is 0 Å². The van der Waals surface area contributed by atoms with Gasteiger partial charge in [0.25, 0.3) is 11.6 Å². The van der Waals surface area contributed by atoms with E-state index in [1.807, 2.05) is 78.7 Å². The zero-order valence-electron chi connectivity index (χ0n) is 25.9. The number of carbonyl (C=O) groups is 2. The number of nitro groups is 1. The highest BCUT2D eigenvalue weighted by atomic mass is 16.6. The van der Waals surface area contributed by atoms with Gasteiger partial charge in [-0.05, 0) is 67.9 Å². The molecule has 2 fully saturated rings. The van der Waals surface area contributed by atoms with E-state index in [0.29, 0.717) is 11.5 Å². The number of carbonyl (C=O) groups excluding carboxylic acids is 2. The molecule has 45 heavy (non-hydrogen) atoms. The lowest BCUT2D eigenvalue weighted by Crippen LogP contribution is -2.48. The topological polar surface area (TPSA) is 96.2 Å². The molecule has 3 aromatic rings. The number of ether oxygens (including phenoxy) is 1. The first-order chi connectivity index (χ1) is 21.9. The molecule has 1 aliphatic carbocycles. The van der Waals surface area contributed by atoms with Gasteiger partial charge >= 0.3 is 6.09 Å². The zero-order valence-corrected chi connectivity index (χ0v) is 25.9. The van der Waals surface area contributed by atoms with Crippen LogP contribution < -0.4 is 0 Å². The second kappa shape index (κ2) is 17.0. The Morgan fingerprint density at radius 2 is 1.51 bits per heavy atom. The van der Waals surface area contributed by atoms with E-state index in [1.54, 1.807) is 17.0 Å². The molecule has 236 valence electrons. The lowest BCUT2D eigenvalue weighted by molar-refractivity contribution is -0.384. The molecule has 0 aromatic heterocycles. The van der Waals surface area contributed by atoms with Gasteiger partial charge in [0.15, 0.2) is 0 Å². The average Bonchev–Trinajstić information content (AvgIpc) is 3.56. The van der Waals surface area contributed by atoms with E-state index in [4.69, 9.17) is 11.2 Å². The fourth-order valence-electron chi connectivity index (χ4n) is 6.06. The Morgan fingerprint density at radius 1 is 0.911 bits per heavy atom. The van der Waals surface area contributed by atoms with Gasteiger partial charge in [-0.15, -0.1) is 6.42 Å². The van der Waals surface area contributed by atoms with Crippen molar-refractivity contribution in [2.45, 2.75) is 50.8 Å². The molecule has 0 bridgehead atoms. The number of rotatable bonds is 9. The monoisotopic (exact) mass is 610 g/mol. The number of nitrogens with zero attached hydrogens (tertiary/aromatic N) is 4. The molecule has 2 atom stereocenters. The Labute approximate surface area is 265 Å². The lowest BCUT2D eigenvalue weighted by Gasteiger charge is -2.38. The molecule has 9 heteroatoms. The van der Waals surface area contributed by atoms with Gasteiger partial charge < -0.3 is 14.5 Å². The maximum Gasteiger partial charge on any atom is 0.411 e. The largest absolute Gasteiger partial charge is 0.445 e. The van der Waals surface area contributed by atoms with Crippen LogP contribution in [0.3, 0.4) is 0 Å². The number of non-ortho nitro benzene ring substituents is 1. The molecular formula is C36H42N4O5. The predicted octanol–water partition coefficient (Wildman–Crippen LogP) is 6.26. The molecule has 0 spiro atoms. The van der Waals surface area contributed by atoms with Crippen LogP contribution in [0.2, 0.25) is 0 Å². The molecule has 1 saturated heterocycles. The maximum absolute atomic E-state index is 12.9. The van der Waals surface area contributed by atoms with E-state index in [-0.39, 0.29) is 36.8 Å². The average molecular weight is 611 g/mol. The molecular weight excluding hydrogens is 568 g/mol. The molecule has 0 radical (unpaired) electrons. The van der Waals surface area contributed by atoms with Gasteiger partial charge in [0.2, 0.25) is 0 Å². The van der Waals surface area contributed by atoms with E-state index in [2.05, 4.69) is 10.8 Å². The van der Waals surface area contributed by atoms with Gasteiger partial charge in [-0.3, -0.25) is 19.8 Å². The SMILES string of the molecule is C#CCN(C(=O)OCc1ccc([N+](=O)[O-])cc1)C1CCN(CC2CCC(N(C)C(=O)c3ccccc3)C2)CC1.c1ccccc1. The van der Waals surface area contributed by atoms with Gasteiger partial charge in [-0.25, -0.2) is 4.79 Å². The fraction of sp³-hybridized carbons (Fsp3) is 0.389. The number of hydrogen-bond donors (Lipinski definition) is 0. The summed E-state index contributed by atoms with van der Waals surface area (Å²) in [6, 6.07) is 27.7. The van der Waals surface area contributed by atoms with Crippen molar-refractivity contribution >= 4 is 17.7 Å². The Bertz CT molecular complexity index is 1380. The molecule has 1 aliphatic heterocycles. The Morgan fingerprint density at radius 3 is 2.09 bits per heavy atom. The Kier molecular flexibility index (Phi) is 12.5. The van der Waals surface area contributed by atoms with Gasteiger partial charge in [0, 0.05) is 56.5 Å². The summed E-state index contributed by atoms with van der Waals surface area (Å²) in [5, 5.41) is 10.8. The van der Waals surface area contributed by atoms with Crippen LogP contribution in [0, 0.1) is 28.4 Å². The van der Waals surface area contributed by atoms with E-state index in [9.17, 15) is 19.7 Å². The van der Waals surface area contributed by atoms with Crippen molar-refractivity contribution in [1.29, 1.82) is 0 Å². The standard InChI is InChI=1S/C30H36N4O5.C6H6/c1-3-17-33(30(36)39-22-23-9-12-27(13-10-23)34(37)38)26-15-18-32(19-16-26)21-24-11-14-28(20-24)31(2)29(35)25-7-5-4-6-8-25;1-2-4-6-5-3-1/h1,4-10,12-13,24,26,28H,11,14-22H2,2H3;1-6H. The molecule has 2 aliphatic rings. The van der Waals surface area contributed by atoms with Gasteiger partial charge in [-0.1, -0.05) is 60.5 Å². The molecule has 2 unspecified atom stereocenters. The summed E-state index contributed by atoms with van der Waals surface area (Å²) < 4.78 is 5.49. The maximum atomic E-state index is 12.9. The molecule has 1 heterocycles. The predicted molar refractivity (Wildman–Crippen MR) is 174 cm³/mol. The summed E-state index contributed by atoms with van der Waals surface area (Å²) in [6.45, 7) is 2.95. The molecule has 1 saturated carbocycles. The highest BCUT2D eigenvalue weighted by Crippen LogP contribution is 2.31. The van der Waals surface area contributed by atoms with Crippen LogP contribution in [0.1, 0.15) is 48.0 Å². The Hall–Kier alpha value is -4.68. The van der Waals surface area contributed by atoms with Crippen molar-refractivity contribution in [3.8, 4) is 12.3 Å². The van der Waals surface area contributed by atoms with Crippen LogP contribution >= 0.6 is 0 Å². The van der Waals surface area contributed by atoms with Gasteiger partial charge in [0.05, 0.1) is 11.5 Å². The minimum Gasteiger partial charge on any atom is -0.445 e. The molecule has 5 rings (SSSR count). The third-order valence-corrected chi connectivity index (χ3v) is 8.59. The van der Waals surface area contributed by atoms with Crippen molar-refractivity contribution in [3.63, 3.8) is 0 Å². The highest BCUT2D eigenvalue weighted by Gasteiger charge is 2.33. The molecule has 0 N–H and O–H groups in total. The minimum atomic E-state index is -0.465. The quantitative estimate of drug-likeness (QED) is 0.161. The number of nitro benzene ring substituents is 1. The first-order valence-corrected chi connectivity index (χ1v) is 15.5.